The number of nitrogens with one attached hydrogen (secondary N) is 4. The minimum Gasteiger partial charge on any atom is -0.382 e. The zero-order valence-corrected chi connectivity index (χ0v) is 12.7. The Balaban J connectivity index is 2.10. The molecule has 1 aromatic carbocycles. The molecule has 0 atom stereocenters. The van der Waals surface area contributed by atoms with E-state index < -0.39 is 5.41 Å². The summed E-state index contributed by atoms with van der Waals surface area (Å²) in [5.74, 6) is -0.280. The molecule has 2 rings (SSSR count). The number of para-hydroxylation sites is 1. The Kier molecular flexibility index (Phi) is 4.35. The molecule has 0 spiro atoms. The van der Waals surface area contributed by atoms with Crippen LogP contribution in [0.5, 0.6) is 0 Å². The number of benzene rings is 1. The molecule has 0 bridgehead atoms. The van der Waals surface area contributed by atoms with Crippen molar-refractivity contribution in [2.45, 2.75) is 13.8 Å². The molecule has 4 N–H and O–H groups in total. The van der Waals surface area contributed by atoms with E-state index in [1.807, 2.05) is 12.1 Å². The smallest absolute Gasteiger partial charge is 0.253 e. The maximum absolute atomic E-state index is 12.4. The third-order valence-corrected chi connectivity index (χ3v) is 3.58. The minimum atomic E-state index is -0.648. The fourth-order valence-electron chi connectivity index (χ4n) is 2.28. The maximum Gasteiger partial charge on any atom is 0.253 e. The number of rotatable bonds is 4. The van der Waals surface area contributed by atoms with Gasteiger partial charge in [0, 0.05) is 26.7 Å². The second kappa shape index (κ2) is 6.03. The molecule has 6 nitrogen and oxygen atoms in total. The number of hydrogen-bond acceptors (Lipinski definition) is 4. The largest absolute Gasteiger partial charge is 0.382 e. The molecule has 0 saturated carbocycles. The molecule has 0 aliphatic carbocycles. The third kappa shape index (κ3) is 3.26. The van der Waals surface area contributed by atoms with Gasteiger partial charge in [-0.05, 0) is 26.0 Å². The second-order valence-electron chi connectivity index (χ2n) is 5.73. The normalized spacial score (nSPS) is 13.5. The molecule has 2 amide bonds. The van der Waals surface area contributed by atoms with E-state index in [0.717, 1.165) is 24.5 Å². The van der Waals surface area contributed by atoms with Crippen molar-refractivity contribution in [1.29, 1.82) is 0 Å². The lowest BCUT2D eigenvalue weighted by Crippen LogP contribution is -2.43. The van der Waals surface area contributed by atoms with Gasteiger partial charge in [-0.1, -0.05) is 6.07 Å². The first kappa shape index (κ1) is 15.2. The van der Waals surface area contributed by atoms with Crippen molar-refractivity contribution in [1.82, 2.24) is 10.6 Å². The van der Waals surface area contributed by atoms with Crippen LogP contribution >= 0.6 is 0 Å². The topological polar surface area (TPSA) is 82.3 Å². The average Bonchev–Trinajstić information content (AvgIpc) is 2.51. The molecule has 1 aliphatic rings. The molecule has 0 saturated heterocycles. The first-order valence-electron chi connectivity index (χ1n) is 7.07. The van der Waals surface area contributed by atoms with E-state index in [0.29, 0.717) is 5.56 Å². The summed E-state index contributed by atoms with van der Waals surface area (Å²) in [6, 6.07) is 5.56. The van der Waals surface area contributed by atoms with Crippen LogP contribution in [0.1, 0.15) is 24.2 Å². The standard InChI is InChI=1S/C15H22N4O2/c1-15(2,14(21)16-3)9-19-13(20)10-5-4-6-11-12(10)18-8-7-17-11/h4-6,17-18H,7-9H2,1-3H3,(H,16,21)(H,19,20). The molecule has 1 aromatic rings. The van der Waals surface area contributed by atoms with Crippen LogP contribution in [0.2, 0.25) is 0 Å². The van der Waals surface area contributed by atoms with Gasteiger partial charge in [0.1, 0.15) is 0 Å². The Morgan fingerprint density at radius 1 is 1.24 bits per heavy atom. The van der Waals surface area contributed by atoms with Gasteiger partial charge in [0.15, 0.2) is 0 Å². The van der Waals surface area contributed by atoms with Crippen molar-refractivity contribution in [2.24, 2.45) is 5.41 Å². The summed E-state index contributed by atoms with van der Waals surface area (Å²) in [5, 5.41) is 11.9. The van der Waals surface area contributed by atoms with Crippen LogP contribution in [0.15, 0.2) is 18.2 Å². The number of carbonyl (C=O) groups excluding carboxylic acids is 2. The monoisotopic (exact) mass is 290 g/mol. The van der Waals surface area contributed by atoms with Crippen molar-refractivity contribution >= 4 is 23.2 Å². The zero-order chi connectivity index (χ0) is 15.5. The van der Waals surface area contributed by atoms with Gasteiger partial charge in [-0.3, -0.25) is 9.59 Å². The molecule has 0 unspecified atom stereocenters. The van der Waals surface area contributed by atoms with Crippen molar-refractivity contribution in [2.75, 3.05) is 37.3 Å². The zero-order valence-electron chi connectivity index (χ0n) is 12.7. The second-order valence-corrected chi connectivity index (χ2v) is 5.73. The lowest BCUT2D eigenvalue weighted by atomic mass is 9.92. The number of fused-ring (bicyclic) bond motifs is 1. The molecule has 0 fully saturated rings. The van der Waals surface area contributed by atoms with Crippen LogP contribution in [-0.2, 0) is 4.79 Å². The molecule has 21 heavy (non-hydrogen) atoms. The van der Waals surface area contributed by atoms with E-state index in [4.69, 9.17) is 0 Å². The van der Waals surface area contributed by atoms with Gasteiger partial charge in [0.2, 0.25) is 5.91 Å². The number of anilines is 2. The van der Waals surface area contributed by atoms with Gasteiger partial charge in [0.25, 0.3) is 5.91 Å². The van der Waals surface area contributed by atoms with Crippen molar-refractivity contribution in [3.63, 3.8) is 0 Å². The minimum absolute atomic E-state index is 0.0994. The van der Waals surface area contributed by atoms with Gasteiger partial charge >= 0.3 is 0 Å². The third-order valence-electron chi connectivity index (χ3n) is 3.58. The lowest BCUT2D eigenvalue weighted by Gasteiger charge is -2.25. The van der Waals surface area contributed by atoms with E-state index in [-0.39, 0.29) is 18.4 Å². The fourth-order valence-corrected chi connectivity index (χ4v) is 2.28. The summed E-state index contributed by atoms with van der Waals surface area (Å²) >= 11 is 0. The summed E-state index contributed by atoms with van der Waals surface area (Å²) in [7, 11) is 1.59. The highest BCUT2D eigenvalue weighted by Crippen LogP contribution is 2.28. The Bertz CT molecular complexity index is 555. The molecule has 1 heterocycles. The van der Waals surface area contributed by atoms with Gasteiger partial charge in [-0.2, -0.15) is 0 Å². The SMILES string of the molecule is CNC(=O)C(C)(C)CNC(=O)c1cccc2c1NCCN2. The van der Waals surface area contributed by atoms with Crippen LogP contribution in [0, 0.1) is 5.41 Å². The Labute approximate surface area is 124 Å². The highest BCUT2D eigenvalue weighted by molar-refractivity contribution is 6.03. The summed E-state index contributed by atoms with van der Waals surface area (Å²) in [5.41, 5.74) is 1.69. The Morgan fingerprint density at radius 3 is 2.67 bits per heavy atom. The first-order chi connectivity index (χ1) is 9.95. The number of carbonyl (C=O) groups is 2. The number of amides is 2. The maximum atomic E-state index is 12.4. The van der Waals surface area contributed by atoms with Crippen molar-refractivity contribution in [3.05, 3.63) is 23.8 Å². The predicted octanol–water partition coefficient (Wildman–Crippen LogP) is 1.03. The molecule has 114 valence electrons. The van der Waals surface area contributed by atoms with Crippen LogP contribution in [0.4, 0.5) is 11.4 Å². The van der Waals surface area contributed by atoms with Gasteiger partial charge < -0.3 is 21.3 Å². The lowest BCUT2D eigenvalue weighted by molar-refractivity contribution is -0.128. The Morgan fingerprint density at radius 2 is 1.95 bits per heavy atom. The highest BCUT2D eigenvalue weighted by Gasteiger charge is 2.27. The van der Waals surface area contributed by atoms with E-state index in [1.165, 1.54) is 0 Å². The fraction of sp³-hybridized carbons (Fsp3) is 0.467. The van der Waals surface area contributed by atoms with Crippen LogP contribution in [-0.4, -0.2) is 38.5 Å². The molecule has 6 heteroatoms. The van der Waals surface area contributed by atoms with Crippen molar-refractivity contribution in [3.8, 4) is 0 Å². The molecule has 1 aliphatic heterocycles. The summed E-state index contributed by atoms with van der Waals surface area (Å²) in [4.78, 5) is 24.1. The molecule has 0 aromatic heterocycles. The quantitative estimate of drug-likeness (QED) is 0.667. The summed E-state index contributed by atoms with van der Waals surface area (Å²) in [6.07, 6.45) is 0. The van der Waals surface area contributed by atoms with Gasteiger partial charge in [-0.15, -0.1) is 0 Å². The van der Waals surface area contributed by atoms with Crippen molar-refractivity contribution < 1.29 is 9.59 Å². The molecular weight excluding hydrogens is 268 g/mol. The van der Waals surface area contributed by atoms with E-state index in [9.17, 15) is 9.59 Å². The van der Waals surface area contributed by atoms with Gasteiger partial charge in [0.05, 0.1) is 22.4 Å². The van der Waals surface area contributed by atoms with E-state index >= 15 is 0 Å². The molecule has 0 radical (unpaired) electrons. The predicted molar refractivity (Wildman–Crippen MR) is 83.6 cm³/mol. The van der Waals surface area contributed by atoms with E-state index in [2.05, 4.69) is 21.3 Å². The van der Waals surface area contributed by atoms with Crippen LogP contribution in [0.3, 0.4) is 0 Å². The average molecular weight is 290 g/mol. The Hall–Kier alpha value is -2.24. The summed E-state index contributed by atoms with van der Waals surface area (Å²) in [6.45, 7) is 5.49. The van der Waals surface area contributed by atoms with Gasteiger partial charge in [-0.25, -0.2) is 0 Å². The molecular formula is C15H22N4O2. The van der Waals surface area contributed by atoms with E-state index in [1.54, 1.807) is 27.0 Å². The summed E-state index contributed by atoms with van der Waals surface area (Å²) < 4.78 is 0. The number of hydrogen-bond donors (Lipinski definition) is 4. The van der Waals surface area contributed by atoms with Crippen LogP contribution < -0.4 is 21.3 Å². The highest BCUT2D eigenvalue weighted by atomic mass is 16.2. The first-order valence-corrected chi connectivity index (χ1v) is 7.07. The van der Waals surface area contributed by atoms with Crippen LogP contribution in [0.25, 0.3) is 0 Å².